The number of esters is 1. The van der Waals surface area contributed by atoms with E-state index in [2.05, 4.69) is 6.92 Å². The van der Waals surface area contributed by atoms with Crippen LogP contribution in [-0.4, -0.2) is 18.2 Å². The van der Waals surface area contributed by atoms with Crippen molar-refractivity contribution in [2.75, 3.05) is 7.11 Å². The van der Waals surface area contributed by atoms with Crippen molar-refractivity contribution in [3.63, 3.8) is 0 Å². The van der Waals surface area contributed by atoms with Crippen LogP contribution in [0.1, 0.15) is 43.7 Å². The van der Waals surface area contributed by atoms with Crippen LogP contribution >= 0.6 is 0 Å². The lowest BCUT2D eigenvalue weighted by Crippen LogP contribution is -2.11. The van der Waals surface area contributed by atoms with Crippen LogP contribution in [0, 0.1) is 0 Å². The summed E-state index contributed by atoms with van der Waals surface area (Å²) >= 11 is 0. The lowest BCUT2D eigenvalue weighted by atomic mass is 9.96. The van der Waals surface area contributed by atoms with Gasteiger partial charge in [0.1, 0.15) is 5.75 Å². The summed E-state index contributed by atoms with van der Waals surface area (Å²) in [6.07, 6.45) is 2.95. The summed E-state index contributed by atoms with van der Waals surface area (Å²) in [4.78, 5) is 11.4. The lowest BCUT2D eigenvalue weighted by molar-refractivity contribution is -0.141. The van der Waals surface area contributed by atoms with Gasteiger partial charge >= 0.3 is 5.97 Å². The summed E-state index contributed by atoms with van der Waals surface area (Å²) in [5, 5.41) is 9.72. The van der Waals surface area contributed by atoms with Crippen LogP contribution in [0.15, 0.2) is 18.2 Å². The quantitative estimate of drug-likeness (QED) is 0.799. The van der Waals surface area contributed by atoms with E-state index in [0.29, 0.717) is 5.75 Å². The Morgan fingerprint density at radius 3 is 2.76 bits per heavy atom. The smallest absolute Gasteiger partial charge is 0.312 e. The molecule has 0 aliphatic carbocycles. The number of rotatable bonds is 5. The molecule has 3 nitrogen and oxygen atoms in total. The standard InChI is InChI=1S/C14H20O3/c1-4-5-6-12-9-11(7-8-13(12)15)10(2)14(16)17-3/h7-10,15H,4-6H2,1-3H3. The van der Waals surface area contributed by atoms with Crippen molar-refractivity contribution in [1.82, 2.24) is 0 Å². The molecule has 0 heterocycles. The third kappa shape index (κ3) is 3.48. The number of methoxy groups -OCH3 is 1. The number of carbonyl (C=O) groups excluding carboxylic acids is 1. The molecule has 1 unspecified atom stereocenters. The van der Waals surface area contributed by atoms with E-state index in [1.807, 2.05) is 13.0 Å². The molecule has 0 amide bonds. The number of hydrogen-bond acceptors (Lipinski definition) is 3. The first kappa shape index (κ1) is 13.6. The van der Waals surface area contributed by atoms with E-state index in [1.54, 1.807) is 12.1 Å². The van der Waals surface area contributed by atoms with E-state index < -0.39 is 0 Å². The first-order valence-electron chi connectivity index (χ1n) is 5.99. The maximum absolute atomic E-state index is 11.4. The monoisotopic (exact) mass is 236 g/mol. The van der Waals surface area contributed by atoms with Gasteiger partial charge in [-0.15, -0.1) is 0 Å². The van der Waals surface area contributed by atoms with Crippen molar-refractivity contribution < 1.29 is 14.6 Å². The second-order valence-electron chi connectivity index (χ2n) is 4.24. The molecule has 0 aliphatic heterocycles. The van der Waals surface area contributed by atoms with Gasteiger partial charge in [-0.2, -0.15) is 0 Å². The molecule has 1 aromatic carbocycles. The van der Waals surface area contributed by atoms with Crippen LogP contribution in [0.4, 0.5) is 0 Å². The van der Waals surface area contributed by atoms with Crippen molar-refractivity contribution in [1.29, 1.82) is 0 Å². The number of carbonyl (C=O) groups is 1. The maximum Gasteiger partial charge on any atom is 0.312 e. The average Bonchev–Trinajstić information content (AvgIpc) is 2.36. The number of aromatic hydroxyl groups is 1. The number of benzene rings is 1. The van der Waals surface area contributed by atoms with E-state index >= 15 is 0 Å². The van der Waals surface area contributed by atoms with E-state index in [9.17, 15) is 9.90 Å². The first-order valence-corrected chi connectivity index (χ1v) is 5.99. The Labute approximate surface area is 102 Å². The molecular weight excluding hydrogens is 216 g/mol. The molecule has 0 bridgehead atoms. The molecule has 94 valence electrons. The minimum Gasteiger partial charge on any atom is -0.508 e. The minimum absolute atomic E-state index is 0.253. The molecule has 0 aliphatic rings. The van der Waals surface area contributed by atoms with Gasteiger partial charge in [0.25, 0.3) is 0 Å². The van der Waals surface area contributed by atoms with Crippen LogP contribution < -0.4 is 0 Å². The Hall–Kier alpha value is -1.51. The number of ether oxygens (including phenoxy) is 1. The van der Waals surface area contributed by atoms with Gasteiger partial charge in [0, 0.05) is 0 Å². The number of hydrogen-bond donors (Lipinski definition) is 1. The van der Waals surface area contributed by atoms with Gasteiger partial charge in [-0.05, 0) is 37.0 Å². The maximum atomic E-state index is 11.4. The summed E-state index contributed by atoms with van der Waals surface area (Å²) in [6, 6.07) is 5.32. The van der Waals surface area contributed by atoms with Gasteiger partial charge in [0.15, 0.2) is 0 Å². The minimum atomic E-state index is -0.291. The highest BCUT2D eigenvalue weighted by Gasteiger charge is 2.16. The molecule has 0 aromatic heterocycles. The van der Waals surface area contributed by atoms with Crippen molar-refractivity contribution in [3.05, 3.63) is 29.3 Å². The fourth-order valence-electron chi connectivity index (χ4n) is 1.76. The Kier molecular flexibility index (Phi) is 5.01. The van der Waals surface area contributed by atoms with Gasteiger partial charge in [-0.1, -0.05) is 25.5 Å². The highest BCUT2D eigenvalue weighted by Crippen LogP contribution is 2.25. The second kappa shape index (κ2) is 6.28. The van der Waals surface area contributed by atoms with Crippen molar-refractivity contribution in [3.8, 4) is 5.75 Å². The Morgan fingerprint density at radius 1 is 1.47 bits per heavy atom. The summed E-state index contributed by atoms with van der Waals surface area (Å²) in [5.41, 5.74) is 1.79. The molecule has 3 heteroatoms. The molecule has 0 spiro atoms. The zero-order valence-electron chi connectivity index (χ0n) is 10.7. The molecule has 0 saturated heterocycles. The van der Waals surface area contributed by atoms with E-state index in [1.165, 1.54) is 7.11 Å². The topological polar surface area (TPSA) is 46.5 Å². The second-order valence-corrected chi connectivity index (χ2v) is 4.24. The highest BCUT2D eigenvalue weighted by atomic mass is 16.5. The predicted molar refractivity (Wildman–Crippen MR) is 67.1 cm³/mol. The van der Waals surface area contributed by atoms with E-state index in [4.69, 9.17) is 4.74 Å². The summed E-state index contributed by atoms with van der Waals surface area (Å²) in [7, 11) is 1.39. The summed E-state index contributed by atoms with van der Waals surface area (Å²) in [5.74, 6) is -0.239. The summed E-state index contributed by atoms with van der Waals surface area (Å²) in [6.45, 7) is 3.92. The molecule has 1 N–H and O–H groups in total. The third-order valence-corrected chi connectivity index (χ3v) is 2.96. The van der Waals surface area contributed by atoms with Gasteiger partial charge < -0.3 is 9.84 Å². The van der Waals surface area contributed by atoms with E-state index in [-0.39, 0.29) is 11.9 Å². The molecule has 0 radical (unpaired) electrons. The Bertz CT molecular complexity index is 385. The first-order chi connectivity index (χ1) is 8.10. The largest absolute Gasteiger partial charge is 0.508 e. The zero-order valence-corrected chi connectivity index (χ0v) is 10.7. The van der Waals surface area contributed by atoms with Crippen LogP contribution in [0.25, 0.3) is 0 Å². The molecule has 0 saturated carbocycles. The molecule has 0 fully saturated rings. The number of phenols is 1. The normalized spacial score (nSPS) is 12.2. The van der Waals surface area contributed by atoms with Crippen LogP contribution in [0.3, 0.4) is 0 Å². The van der Waals surface area contributed by atoms with Crippen molar-refractivity contribution in [2.45, 2.75) is 39.0 Å². The molecule has 1 rings (SSSR count). The van der Waals surface area contributed by atoms with Crippen LogP contribution in [-0.2, 0) is 16.0 Å². The van der Waals surface area contributed by atoms with Gasteiger partial charge in [0.05, 0.1) is 13.0 Å². The van der Waals surface area contributed by atoms with Gasteiger partial charge in [-0.25, -0.2) is 0 Å². The SMILES string of the molecule is CCCCc1cc(C(C)C(=O)OC)ccc1O. The van der Waals surface area contributed by atoms with Crippen molar-refractivity contribution >= 4 is 5.97 Å². The van der Waals surface area contributed by atoms with Crippen molar-refractivity contribution in [2.24, 2.45) is 0 Å². The summed E-state index contributed by atoms with van der Waals surface area (Å²) < 4.78 is 4.72. The average molecular weight is 236 g/mol. The lowest BCUT2D eigenvalue weighted by Gasteiger charge is -2.12. The fourth-order valence-corrected chi connectivity index (χ4v) is 1.76. The molecular formula is C14H20O3. The van der Waals surface area contributed by atoms with Gasteiger partial charge in [-0.3, -0.25) is 4.79 Å². The highest BCUT2D eigenvalue weighted by molar-refractivity contribution is 5.77. The molecule has 17 heavy (non-hydrogen) atoms. The Balaban J connectivity index is 2.91. The van der Waals surface area contributed by atoms with Crippen LogP contribution in [0.5, 0.6) is 5.75 Å². The number of unbranched alkanes of at least 4 members (excludes halogenated alkanes) is 1. The Morgan fingerprint density at radius 2 is 2.18 bits per heavy atom. The number of phenolic OH excluding ortho intramolecular Hbond substituents is 1. The van der Waals surface area contributed by atoms with Gasteiger partial charge in [0.2, 0.25) is 0 Å². The zero-order chi connectivity index (χ0) is 12.8. The number of aryl methyl sites for hydroxylation is 1. The van der Waals surface area contributed by atoms with Crippen LogP contribution in [0.2, 0.25) is 0 Å². The third-order valence-electron chi connectivity index (χ3n) is 2.96. The fraction of sp³-hybridized carbons (Fsp3) is 0.500. The predicted octanol–water partition coefficient (Wildman–Crippen LogP) is 3.01. The molecule has 1 atom stereocenters. The van der Waals surface area contributed by atoms with E-state index in [0.717, 1.165) is 30.4 Å². The molecule has 1 aromatic rings.